The minimum Gasteiger partial charge on any atom is -0.496 e. The van der Waals surface area contributed by atoms with E-state index >= 15 is 0 Å². The van der Waals surface area contributed by atoms with Crippen molar-refractivity contribution in [2.75, 3.05) is 27.3 Å². The summed E-state index contributed by atoms with van der Waals surface area (Å²) in [6.45, 7) is 4.97. The Morgan fingerprint density at radius 2 is 1.70 bits per heavy atom. The first kappa shape index (κ1) is 20.3. The number of hydrogen-bond acceptors (Lipinski definition) is 5. The van der Waals surface area contributed by atoms with E-state index < -0.39 is 5.60 Å². The van der Waals surface area contributed by atoms with Crippen LogP contribution in [0, 0.1) is 13.8 Å². The fourth-order valence-corrected chi connectivity index (χ4v) is 4.63. The lowest BCUT2D eigenvalue weighted by Crippen LogP contribution is -2.52. The Morgan fingerprint density at radius 1 is 1.07 bits per heavy atom. The number of hydrogen-bond donors (Lipinski definition) is 0. The normalized spacial score (nSPS) is 17.3. The first-order valence-electron chi connectivity index (χ1n) is 10.2. The average molecular weight is 409 g/mol. The highest BCUT2D eigenvalue weighted by Gasteiger charge is 2.44. The molecule has 0 unspecified atom stereocenters. The molecule has 2 heterocycles. The zero-order valence-electron chi connectivity index (χ0n) is 17.9. The minimum absolute atomic E-state index is 0.125. The van der Waals surface area contributed by atoms with Crippen LogP contribution >= 0.6 is 0 Å². The highest BCUT2D eigenvalue weighted by atomic mass is 16.5. The van der Waals surface area contributed by atoms with Crippen molar-refractivity contribution in [3.63, 3.8) is 0 Å². The molecule has 0 saturated carbocycles. The van der Waals surface area contributed by atoms with Gasteiger partial charge in [0.25, 0.3) is 5.91 Å². The van der Waals surface area contributed by atoms with Crippen molar-refractivity contribution in [1.29, 1.82) is 0 Å². The molecule has 0 aromatic heterocycles. The van der Waals surface area contributed by atoms with Crippen molar-refractivity contribution in [2.24, 2.45) is 0 Å². The van der Waals surface area contributed by atoms with Crippen molar-refractivity contribution < 1.29 is 23.8 Å². The molecule has 0 bridgehead atoms. The molecule has 0 atom stereocenters. The van der Waals surface area contributed by atoms with Gasteiger partial charge in [-0.25, -0.2) is 0 Å². The smallest absolute Gasteiger partial charge is 0.261 e. The van der Waals surface area contributed by atoms with E-state index in [1.807, 2.05) is 26.0 Å². The van der Waals surface area contributed by atoms with Gasteiger partial charge in [0.2, 0.25) is 0 Å². The number of benzene rings is 2. The Bertz CT molecular complexity index is 983. The third-order valence-corrected chi connectivity index (χ3v) is 6.14. The molecule has 0 aliphatic carbocycles. The molecule has 1 amide bonds. The maximum absolute atomic E-state index is 13.2. The molecule has 0 radical (unpaired) electrons. The molecule has 0 N–H and O–H groups in total. The fourth-order valence-electron chi connectivity index (χ4n) is 4.63. The molecule has 2 aliphatic heterocycles. The summed E-state index contributed by atoms with van der Waals surface area (Å²) in [7, 11) is 3.08. The van der Waals surface area contributed by atoms with E-state index in [-0.39, 0.29) is 11.7 Å². The van der Waals surface area contributed by atoms with Crippen LogP contribution in [0.3, 0.4) is 0 Å². The number of aryl methyl sites for hydroxylation is 2. The van der Waals surface area contributed by atoms with Gasteiger partial charge in [0.1, 0.15) is 28.4 Å². The Hall–Kier alpha value is -3.02. The van der Waals surface area contributed by atoms with Crippen molar-refractivity contribution in [3.8, 4) is 17.2 Å². The summed E-state index contributed by atoms with van der Waals surface area (Å²) in [5.74, 6) is 1.65. The number of likely N-dealkylation sites (tertiary alicyclic amines) is 1. The zero-order valence-corrected chi connectivity index (χ0v) is 17.9. The van der Waals surface area contributed by atoms with Crippen LogP contribution in [0.2, 0.25) is 0 Å². The number of ketones is 1. The summed E-state index contributed by atoms with van der Waals surface area (Å²) in [4.78, 5) is 27.9. The van der Waals surface area contributed by atoms with Gasteiger partial charge < -0.3 is 19.1 Å². The summed E-state index contributed by atoms with van der Waals surface area (Å²) >= 11 is 0. The zero-order chi connectivity index (χ0) is 21.5. The largest absolute Gasteiger partial charge is 0.496 e. The van der Waals surface area contributed by atoms with Gasteiger partial charge in [0.05, 0.1) is 26.2 Å². The monoisotopic (exact) mass is 409 g/mol. The number of methoxy groups -OCH3 is 2. The van der Waals surface area contributed by atoms with Crippen LogP contribution in [0.25, 0.3) is 0 Å². The lowest BCUT2D eigenvalue weighted by molar-refractivity contribution is -0.00591. The van der Waals surface area contributed by atoms with Gasteiger partial charge in [-0.15, -0.1) is 0 Å². The third-order valence-electron chi connectivity index (χ3n) is 6.14. The standard InChI is InChI=1S/C24H27NO5/c1-15-12-16(2)21-17(26)14-24(30-20(21)13-15)8-10-25(11-9-24)23(27)22-18(28-3)6-5-7-19(22)29-4/h5-7,12-13H,8-11,14H2,1-4H3. The quantitative estimate of drug-likeness (QED) is 0.768. The van der Waals surface area contributed by atoms with Gasteiger partial charge >= 0.3 is 0 Å². The summed E-state index contributed by atoms with van der Waals surface area (Å²) in [5.41, 5.74) is 2.61. The molecule has 1 fully saturated rings. The predicted molar refractivity (Wildman–Crippen MR) is 113 cm³/mol. The second-order valence-corrected chi connectivity index (χ2v) is 8.17. The van der Waals surface area contributed by atoms with Crippen LogP contribution in [0.1, 0.15) is 51.1 Å². The molecule has 1 spiro atoms. The predicted octanol–water partition coefficient (Wildman–Crippen LogP) is 3.96. The van der Waals surface area contributed by atoms with Gasteiger partial charge in [0, 0.05) is 25.9 Å². The summed E-state index contributed by atoms with van der Waals surface area (Å²) in [6, 6.07) is 9.26. The van der Waals surface area contributed by atoms with E-state index in [2.05, 4.69) is 0 Å². The molecule has 2 aliphatic rings. The maximum atomic E-state index is 13.2. The topological polar surface area (TPSA) is 65.1 Å². The van der Waals surface area contributed by atoms with E-state index in [0.717, 1.165) is 11.1 Å². The van der Waals surface area contributed by atoms with Crippen molar-refractivity contribution in [2.45, 2.75) is 38.7 Å². The second-order valence-electron chi connectivity index (χ2n) is 8.17. The number of rotatable bonds is 3. The molecule has 30 heavy (non-hydrogen) atoms. The van der Waals surface area contributed by atoms with Crippen molar-refractivity contribution in [1.82, 2.24) is 4.90 Å². The van der Waals surface area contributed by atoms with E-state index in [4.69, 9.17) is 14.2 Å². The van der Waals surface area contributed by atoms with Gasteiger partial charge in [-0.1, -0.05) is 12.1 Å². The van der Waals surface area contributed by atoms with E-state index in [1.165, 1.54) is 0 Å². The SMILES string of the molecule is COc1cccc(OC)c1C(=O)N1CCC2(CC1)CC(=O)c1c(C)cc(C)cc1O2. The molecule has 6 heteroatoms. The van der Waals surface area contributed by atoms with Crippen LogP contribution in [-0.4, -0.2) is 49.5 Å². The fraction of sp³-hybridized carbons (Fsp3) is 0.417. The lowest BCUT2D eigenvalue weighted by atomic mass is 9.81. The van der Waals surface area contributed by atoms with Gasteiger partial charge in [-0.05, 0) is 43.2 Å². The van der Waals surface area contributed by atoms with Crippen molar-refractivity contribution >= 4 is 11.7 Å². The third kappa shape index (κ3) is 3.40. The van der Waals surface area contributed by atoms with Crippen LogP contribution in [0.4, 0.5) is 0 Å². The number of carbonyl (C=O) groups excluding carboxylic acids is 2. The molecule has 6 nitrogen and oxygen atoms in total. The first-order valence-corrected chi connectivity index (χ1v) is 10.2. The van der Waals surface area contributed by atoms with Crippen LogP contribution in [0.5, 0.6) is 17.2 Å². The maximum Gasteiger partial charge on any atom is 0.261 e. The van der Waals surface area contributed by atoms with Crippen LogP contribution in [-0.2, 0) is 0 Å². The lowest BCUT2D eigenvalue weighted by Gasteiger charge is -2.44. The Labute approximate surface area is 176 Å². The number of fused-ring (bicyclic) bond motifs is 1. The average Bonchev–Trinajstić information content (AvgIpc) is 2.72. The van der Waals surface area contributed by atoms with Gasteiger partial charge in [-0.2, -0.15) is 0 Å². The highest BCUT2D eigenvalue weighted by molar-refractivity contribution is 6.02. The summed E-state index contributed by atoms with van der Waals surface area (Å²) in [5, 5.41) is 0. The number of ether oxygens (including phenoxy) is 3. The molecular formula is C24H27NO5. The molecular weight excluding hydrogens is 382 g/mol. The van der Waals surface area contributed by atoms with E-state index in [1.54, 1.807) is 37.3 Å². The Kier molecular flexibility index (Phi) is 5.18. The minimum atomic E-state index is -0.550. The highest BCUT2D eigenvalue weighted by Crippen LogP contribution is 2.41. The Balaban J connectivity index is 1.55. The first-order chi connectivity index (χ1) is 14.4. The van der Waals surface area contributed by atoms with Gasteiger partial charge in [0.15, 0.2) is 5.78 Å². The molecule has 158 valence electrons. The molecule has 2 aromatic rings. The summed E-state index contributed by atoms with van der Waals surface area (Å²) in [6.07, 6.45) is 1.56. The molecule has 2 aromatic carbocycles. The van der Waals surface area contributed by atoms with Gasteiger partial charge in [-0.3, -0.25) is 9.59 Å². The number of carbonyl (C=O) groups is 2. The second kappa shape index (κ2) is 7.67. The van der Waals surface area contributed by atoms with Crippen LogP contribution in [0.15, 0.2) is 30.3 Å². The number of nitrogens with zero attached hydrogens (tertiary/aromatic N) is 1. The number of piperidine rings is 1. The Morgan fingerprint density at radius 3 is 2.30 bits per heavy atom. The molecule has 1 saturated heterocycles. The van der Waals surface area contributed by atoms with E-state index in [9.17, 15) is 9.59 Å². The molecule has 4 rings (SSSR count). The summed E-state index contributed by atoms with van der Waals surface area (Å²) < 4.78 is 17.2. The van der Waals surface area contributed by atoms with E-state index in [0.29, 0.717) is 60.7 Å². The van der Waals surface area contributed by atoms with Crippen molar-refractivity contribution in [3.05, 3.63) is 52.6 Å². The number of amides is 1. The van der Waals surface area contributed by atoms with Crippen LogP contribution < -0.4 is 14.2 Å². The number of Topliss-reactive ketones (excluding diaryl/α,β-unsaturated/α-hetero) is 1.